The topological polar surface area (TPSA) is 75.7 Å². The second kappa shape index (κ2) is 10.5. The minimum atomic E-state index is -3.71. The van der Waals surface area contributed by atoms with Gasteiger partial charge in [0.15, 0.2) is 0 Å². The van der Waals surface area contributed by atoms with E-state index in [1.807, 2.05) is 37.3 Å². The monoisotopic (exact) mass is 432 g/mol. The van der Waals surface area contributed by atoms with E-state index in [2.05, 4.69) is 19.2 Å². The number of nitrogens with one attached hydrogen (secondary N) is 1. The summed E-state index contributed by atoms with van der Waals surface area (Å²) in [5.74, 6) is 0.568. The third-order valence-corrected chi connectivity index (χ3v) is 6.04. The third-order valence-electron chi connectivity index (χ3n) is 4.86. The summed E-state index contributed by atoms with van der Waals surface area (Å²) in [5.41, 5.74) is 1.40. The maximum absolute atomic E-state index is 13.3. The second-order valence-electron chi connectivity index (χ2n) is 7.79. The molecule has 1 amide bonds. The van der Waals surface area contributed by atoms with Crippen molar-refractivity contribution in [1.82, 2.24) is 5.32 Å². The molecule has 0 saturated heterocycles. The number of carbonyl (C=O) groups is 1. The van der Waals surface area contributed by atoms with Gasteiger partial charge >= 0.3 is 0 Å². The zero-order valence-electron chi connectivity index (χ0n) is 18.3. The molecule has 2 aromatic carbocycles. The van der Waals surface area contributed by atoms with E-state index < -0.39 is 16.1 Å². The first-order chi connectivity index (χ1) is 14.2. The van der Waals surface area contributed by atoms with Crippen LogP contribution in [0.25, 0.3) is 0 Å². The van der Waals surface area contributed by atoms with E-state index in [-0.39, 0.29) is 11.9 Å². The van der Waals surface area contributed by atoms with Gasteiger partial charge in [0.1, 0.15) is 11.8 Å². The zero-order valence-corrected chi connectivity index (χ0v) is 19.1. The van der Waals surface area contributed by atoms with Crippen LogP contribution in [0.2, 0.25) is 0 Å². The molecule has 2 rings (SSSR count). The van der Waals surface area contributed by atoms with Gasteiger partial charge in [0.2, 0.25) is 15.9 Å². The maximum Gasteiger partial charge on any atom is 0.244 e. The first-order valence-corrected chi connectivity index (χ1v) is 12.0. The van der Waals surface area contributed by atoms with E-state index in [0.29, 0.717) is 23.8 Å². The Hall–Kier alpha value is -2.54. The Morgan fingerprint density at radius 3 is 2.30 bits per heavy atom. The number of benzene rings is 2. The Labute approximate surface area is 180 Å². The normalized spacial score (nSPS) is 13.5. The van der Waals surface area contributed by atoms with Crippen molar-refractivity contribution >= 4 is 21.6 Å². The van der Waals surface area contributed by atoms with Crippen LogP contribution in [0.3, 0.4) is 0 Å². The SMILES string of the molecule is CCC(C(=O)NC(CC(C)C)c1ccccc1)N(c1cccc(OC)c1)S(C)(=O)=O. The summed E-state index contributed by atoms with van der Waals surface area (Å²) >= 11 is 0. The van der Waals surface area contributed by atoms with Gasteiger partial charge in [0.25, 0.3) is 0 Å². The summed E-state index contributed by atoms with van der Waals surface area (Å²) in [4.78, 5) is 13.3. The predicted octanol–water partition coefficient (Wildman–Crippen LogP) is 4.14. The van der Waals surface area contributed by atoms with Crippen LogP contribution in [-0.2, 0) is 14.8 Å². The Bertz CT molecular complexity index is 929. The van der Waals surface area contributed by atoms with E-state index in [0.717, 1.165) is 18.2 Å². The van der Waals surface area contributed by atoms with Crippen LogP contribution in [0.15, 0.2) is 54.6 Å². The van der Waals surface area contributed by atoms with Crippen molar-refractivity contribution in [2.24, 2.45) is 5.92 Å². The lowest BCUT2D eigenvalue weighted by molar-refractivity contribution is -0.123. The molecular weight excluding hydrogens is 400 g/mol. The summed E-state index contributed by atoms with van der Waals surface area (Å²) in [7, 11) is -2.19. The minimum Gasteiger partial charge on any atom is -0.497 e. The van der Waals surface area contributed by atoms with Gasteiger partial charge in [-0.3, -0.25) is 9.10 Å². The van der Waals surface area contributed by atoms with Crippen molar-refractivity contribution in [3.8, 4) is 5.75 Å². The van der Waals surface area contributed by atoms with Crippen LogP contribution >= 0.6 is 0 Å². The molecule has 0 aliphatic carbocycles. The van der Waals surface area contributed by atoms with Gasteiger partial charge in [-0.25, -0.2) is 8.42 Å². The first kappa shape index (κ1) is 23.7. The third kappa shape index (κ3) is 6.23. The molecule has 1 N–H and O–H groups in total. The lowest BCUT2D eigenvalue weighted by Crippen LogP contribution is -2.50. The fourth-order valence-corrected chi connectivity index (χ4v) is 4.71. The standard InChI is InChI=1S/C23H32N2O4S/c1-6-22(25(30(5,27)28)19-13-10-14-20(16-19)29-4)23(26)24-21(15-17(2)3)18-11-8-7-9-12-18/h7-14,16-17,21-22H,6,15H2,1-5H3,(H,24,26). The molecule has 0 heterocycles. The average Bonchev–Trinajstić information content (AvgIpc) is 2.70. The summed E-state index contributed by atoms with van der Waals surface area (Å²) in [5, 5.41) is 3.09. The number of carbonyl (C=O) groups excluding carboxylic acids is 1. The van der Waals surface area contributed by atoms with E-state index in [4.69, 9.17) is 4.74 Å². The minimum absolute atomic E-state index is 0.195. The molecule has 6 nitrogen and oxygen atoms in total. The van der Waals surface area contributed by atoms with Crippen LogP contribution in [-0.4, -0.2) is 33.7 Å². The summed E-state index contributed by atoms with van der Waals surface area (Å²) in [6, 6.07) is 15.4. The number of sulfonamides is 1. The van der Waals surface area contributed by atoms with Crippen molar-refractivity contribution in [3.63, 3.8) is 0 Å². The fourth-order valence-electron chi connectivity index (χ4n) is 3.51. The average molecular weight is 433 g/mol. The lowest BCUT2D eigenvalue weighted by Gasteiger charge is -2.32. The Balaban J connectivity index is 2.38. The van der Waals surface area contributed by atoms with Crippen molar-refractivity contribution < 1.29 is 17.9 Å². The van der Waals surface area contributed by atoms with Crippen LogP contribution in [0.5, 0.6) is 5.75 Å². The molecule has 0 aliphatic heterocycles. The highest BCUT2D eigenvalue weighted by molar-refractivity contribution is 7.92. The molecular formula is C23H32N2O4S. The summed E-state index contributed by atoms with van der Waals surface area (Å²) in [6.45, 7) is 6.00. The molecule has 164 valence electrons. The Morgan fingerprint density at radius 2 is 1.77 bits per heavy atom. The number of hydrogen-bond acceptors (Lipinski definition) is 4. The van der Waals surface area contributed by atoms with Gasteiger partial charge in [0, 0.05) is 6.07 Å². The van der Waals surface area contributed by atoms with Crippen LogP contribution in [0, 0.1) is 5.92 Å². The second-order valence-corrected chi connectivity index (χ2v) is 9.65. The molecule has 2 aromatic rings. The summed E-state index contributed by atoms with van der Waals surface area (Å²) < 4.78 is 31.8. The molecule has 0 bridgehead atoms. The molecule has 0 fully saturated rings. The van der Waals surface area contributed by atoms with Crippen LogP contribution in [0.1, 0.15) is 45.2 Å². The molecule has 0 aliphatic rings. The van der Waals surface area contributed by atoms with Gasteiger partial charge in [-0.1, -0.05) is 57.2 Å². The number of hydrogen-bond donors (Lipinski definition) is 1. The van der Waals surface area contributed by atoms with Gasteiger partial charge in [-0.15, -0.1) is 0 Å². The number of ether oxygens (including phenoxy) is 1. The highest BCUT2D eigenvalue weighted by atomic mass is 32.2. The highest BCUT2D eigenvalue weighted by Crippen LogP contribution is 2.27. The predicted molar refractivity (Wildman–Crippen MR) is 121 cm³/mol. The molecule has 7 heteroatoms. The smallest absolute Gasteiger partial charge is 0.244 e. The fraction of sp³-hybridized carbons (Fsp3) is 0.435. The van der Waals surface area contributed by atoms with Gasteiger partial charge in [-0.2, -0.15) is 0 Å². The van der Waals surface area contributed by atoms with Crippen molar-refractivity contribution in [2.45, 2.75) is 45.7 Å². The molecule has 0 saturated carbocycles. The summed E-state index contributed by atoms with van der Waals surface area (Å²) in [6.07, 6.45) is 2.20. The molecule has 2 unspecified atom stereocenters. The maximum atomic E-state index is 13.3. The quantitative estimate of drug-likeness (QED) is 0.612. The molecule has 2 atom stereocenters. The number of amides is 1. The number of nitrogens with zero attached hydrogens (tertiary/aromatic N) is 1. The zero-order chi connectivity index (χ0) is 22.3. The van der Waals surface area contributed by atoms with E-state index in [9.17, 15) is 13.2 Å². The highest BCUT2D eigenvalue weighted by Gasteiger charge is 2.33. The van der Waals surface area contributed by atoms with Crippen molar-refractivity contribution in [2.75, 3.05) is 17.7 Å². The van der Waals surface area contributed by atoms with E-state index in [1.54, 1.807) is 24.3 Å². The molecule has 0 spiro atoms. The van der Waals surface area contributed by atoms with Gasteiger partial charge in [0.05, 0.1) is 25.1 Å². The molecule has 0 aromatic heterocycles. The number of anilines is 1. The van der Waals surface area contributed by atoms with Gasteiger partial charge < -0.3 is 10.1 Å². The lowest BCUT2D eigenvalue weighted by atomic mass is 9.96. The van der Waals surface area contributed by atoms with Crippen LogP contribution < -0.4 is 14.4 Å². The number of rotatable bonds is 10. The number of methoxy groups -OCH3 is 1. The van der Waals surface area contributed by atoms with E-state index in [1.165, 1.54) is 11.4 Å². The molecule has 30 heavy (non-hydrogen) atoms. The van der Waals surface area contributed by atoms with Crippen LogP contribution in [0.4, 0.5) is 5.69 Å². The largest absolute Gasteiger partial charge is 0.497 e. The van der Waals surface area contributed by atoms with E-state index >= 15 is 0 Å². The Kier molecular flexibility index (Phi) is 8.29. The first-order valence-electron chi connectivity index (χ1n) is 10.2. The molecule has 0 radical (unpaired) electrons. The van der Waals surface area contributed by atoms with Crippen molar-refractivity contribution in [1.29, 1.82) is 0 Å². The Morgan fingerprint density at radius 1 is 1.10 bits per heavy atom. The van der Waals surface area contributed by atoms with Gasteiger partial charge in [-0.05, 0) is 36.5 Å². The van der Waals surface area contributed by atoms with Crippen molar-refractivity contribution in [3.05, 3.63) is 60.2 Å².